The first kappa shape index (κ1) is 13.1. The Hall–Kier alpha value is -2.30. The molecule has 0 saturated heterocycles. The number of aliphatic imine (C=N–C) groups is 1. The van der Waals surface area contributed by atoms with E-state index in [1.165, 1.54) is 0 Å². The van der Waals surface area contributed by atoms with Crippen LogP contribution in [0, 0.1) is 22.7 Å². The predicted molar refractivity (Wildman–Crippen MR) is 73.3 cm³/mol. The zero-order valence-electron chi connectivity index (χ0n) is 10.3. The molecule has 0 unspecified atom stereocenters. The van der Waals surface area contributed by atoms with E-state index in [4.69, 9.17) is 22.1 Å². The average molecular weight is 271 g/mol. The van der Waals surface area contributed by atoms with Gasteiger partial charge in [-0.2, -0.15) is 10.5 Å². The minimum atomic E-state index is -0.0819. The normalized spacial score (nSPS) is 18.7. The Kier molecular flexibility index (Phi) is 3.85. The van der Waals surface area contributed by atoms with Gasteiger partial charge in [0, 0.05) is 17.2 Å². The van der Waals surface area contributed by atoms with Gasteiger partial charge in [-0.15, -0.1) is 0 Å². The highest BCUT2D eigenvalue weighted by molar-refractivity contribution is 6.30. The third-order valence-electron chi connectivity index (χ3n) is 2.85. The van der Waals surface area contributed by atoms with Crippen LogP contribution in [0.25, 0.3) is 0 Å². The first-order valence-corrected chi connectivity index (χ1v) is 6.12. The van der Waals surface area contributed by atoms with E-state index in [9.17, 15) is 0 Å². The lowest BCUT2D eigenvalue weighted by atomic mass is 10.0. The zero-order chi connectivity index (χ0) is 13.8. The molecule has 1 N–H and O–H groups in total. The van der Waals surface area contributed by atoms with E-state index < -0.39 is 0 Å². The van der Waals surface area contributed by atoms with E-state index in [0.717, 1.165) is 11.3 Å². The second-order valence-electron chi connectivity index (χ2n) is 4.25. The quantitative estimate of drug-likeness (QED) is 0.852. The van der Waals surface area contributed by atoms with Crippen LogP contribution in [-0.2, 0) is 0 Å². The largest absolute Gasteiger partial charge is 0.367 e. The van der Waals surface area contributed by atoms with E-state index >= 15 is 0 Å². The summed E-state index contributed by atoms with van der Waals surface area (Å²) in [6.45, 7) is 1.85. The molecular weight excluding hydrogens is 260 g/mol. The second kappa shape index (κ2) is 5.56. The van der Waals surface area contributed by atoms with Gasteiger partial charge < -0.3 is 5.32 Å². The molecule has 0 fully saturated rings. The molecule has 94 valence electrons. The Morgan fingerprint density at radius 3 is 2.53 bits per heavy atom. The average Bonchev–Trinajstić information content (AvgIpc) is 2.58. The van der Waals surface area contributed by atoms with Crippen LogP contribution >= 0.6 is 11.6 Å². The minimum absolute atomic E-state index is 0.0819. The molecule has 1 aliphatic heterocycles. The molecule has 1 heterocycles. The standard InChI is InChI=1S/C14H11ClN4/c1-9-6-12(10-2-4-11(15)5-3-10)19-14(8-17)13(7-16)18-9/h2-5,12,19H,6H2,1H3/t12-/m1/s1. The van der Waals surface area contributed by atoms with Crippen molar-refractivity contribution in [3.8, 4) is 12.1 Å². The zero-order valence-corrected chi connectivity index (χ0v) is 11.1. The number of hydrogen-bond donors (Lipinski definition) is 1. The van der Waals surface area contributed by atoms with Crippen LogP contribution in [0.1, 0.15) is 24.9 Å². The summed E-state index contributed by atoms with van der Waals surface area (Å²) in [6.07, 6.45) is 0.637. The Labute approximate surface area is 116 Å². The van der Waals surface area contributed by atoms with Crippen LogP contribution in [0.5, 0.6) is 0 Å². The van der Waals surface area contributed by atoms with Crippen molar-refractivity contribution in [3.05, 3.63) is 46.2 Å². The Morgan fingerprint density at radius 1 is 1.26 bits per heavy atom. The Bertz CT molecular complexity index is 629. The number of nitrogens with one attached hydrogen (secondary N) is 1. The summed E-state index contributed by atoms with van der Waals surface area (Å²) in [4.78, 5) is 4.16. The highest BCUT2D eigenvalue weighted by Gasteiger charge is 2.20. The minimum Gasteiger partial charge on any atom is -0.367 e. The molecule has 0 amide bonds. The molecule has 0 bridgehead atoms. The summed E-state index contributed by atoms with van der Waals surface area (Å²) in [5.74, 6) is 0. The number of nitriles is 2. The molecule has 0 saturated carbocycles. The fourth-order valence-electron chi connectivity index (χ4n) is 1.94. The van der Waals surface area contributed by atoms with Gasteiger partial charge in [0.05, 0.1) is 6.04 Å². The van der Waals surface area contributed by atoms with Gasteiger partial charge in [-0.05, 0) is 24.6 Å². The second-order valence-corrected chi connectivity index (χ2v) is 4.68. The van der Waals surface area contributed by atoms with Crippen LogP contribution in [0.15, 0.2) is 40.7 Å². The van der Waals surface area contributed by atoms with Gasteiger partial charge in [0.2, 0.25) is 0 Å². The first-order valence-electron chi connectivity index (χ1n) is 5.74. The van der Waals surface area contributed by atoms with Crippen LogP contribution < -0.4 is 5.32 Å². The molecule has 19 heavy (non-hydrogen) atoms. The molecule has 0 radical (unpaired) electrons. The van der Waals surface area contributed by atoms with Gasteiger partial charge >= 0.3 is 0 Å². The number of allylic oxidation sites excluding steroid dienone is 2. The third kappa shape index (κ3) is 2.93. The first-order chi connectivity index (χ1) is 9.13. The number of nitrogens with zero attached hydrogens (tertiary/aromatic N) is 3. The van der Waals surface area contributed by atoms with Crippen molar-refractivity contribution in [2.24, 2.45) is 4.99 Å². The highest BCUT2D eigenvalue weighted by atomic mass is 35.5. The lowest BCUT2D eigenvalue weighted by Crippen LogP contribution is -2.21. The van der Waals surface area contributed by atoms with Crippen molar-refractivity contribution in [3.63, 3.8) is 0 Å². The molecule has 1 atom stereocenters. The molecule has 1 aromatic carbocycles. The maximum Gasteiger partial charge on any atom is 0.174 e. The van der Waals surface area contributed by atoms with E-state index in [1.807, 2.05) is 31.2 Å². The number of halogens is 1. The molecule has 4 nitrogen and oxygen atoms in total. The van der Waals surface area contributed by atoms with Gasteiger partial charge in [0.25, 0.3) is 0 Å². The summed E-state index contributed by atoms with van der Waals surface area (Å²) in [6, 6.07) is 11.3. The summed E-state index contributed by atoms with van der Waals surface area (Å²) in [7, 11) is 0. The molecular formula is C14H11ClN4. The summed E-state index contributed by atoms with van der Waals surface area (Å²) < 4.78 is 0. The van der Waals surface area contributed by atoms with E-state index in [1.54, 1.807) is 12.1 Å². The highest BCUT2D eigenvalue weighted by Crippen LogP contribution is 2.24. The lowest BCUT2D eigenvalue weighted by Gasteiger charge is -2.17. The van der Waals surface area contributed by atoms with E-state index in [2.05, 4.69) is 10.3 Å². The van der Waals surface area contributed by atoms with Crippen molar-refractivity contribution in [1.82, 2.24) is 5.32 Å². The molecule has 1 aliphatic rings. The number of rotatable bonds is 1. The van der Waals surface area contributed by atoms with Crippen molar-refractivity contribution in [2.45, 2.75) is 19.4 Å². The van der Waals surface area contributed by atoms with Crippen molar-refractivity contribution >= 4 is 17.3 Å². The molecule has 0 aliphatic carbocycles. The van der Waals surface area contributed by atoms with Gasteiger partial charge in [0.15, 0.2) is 11.4 Å². The summed E-state index contributed by atoms with van der Waals surface area (Å²) in [5, 5.41) is 21.8. The van der Waals surface area contributed by atoms with Crippen molar-refractivity contribution in [1.29, 1.82) is 10.5 Å². The molecule has 5 heteroatoms. The molecule has 0 aromatic heterocycles. The molecule has 2 rings (SSSR count). The van der Waals surface area contributed by atoms with Gasteiger partial charge in [-0.3, -0.25) is 0 Å². The monoisotopic (exact) mass is 270 g/mol. The van der Waals surface area contributed by atoms with Crippen LogP contribution in [0.3, 0.4) is 0 Å². The van der Waals surface area contributed by atoms with Gasteiger partial charge in [-0.25, -0.2) is 4.99 Å². The van der Waals surface area contributed by atoms with Gasteiger partial charge in [0.1, 0.15) is 12.1 Å². The van der Waals surface area contributed by atoms with Crippen LogP contribution in [0.4, 0.5) is 0 Å². The van der Waals surface area contributed by atoms with E-state index in [-0.39, 0.29) is 17.4 Å². The Morgan fingerprint density at radius 2 is 1.95 bits per heavy atom. The van der Waals surface area contributed by atoms with Crippen molar-refractivity contribution in [2.75, 3.05) is 0 Å². The van der Waals surface area contributed by atoms with Gasteiger partial charge in [-0.1, -0.05) is 23.7 Å². The van der Waals surface area contributed by atoms with Crippen LogP contribution in [0.2, 0.25) is 5.02 Å². The summed E-state index contributed by atoms with van der Waals surface area (Å²) >= 11 is 5.86. The fourth-order valence-corrected chi connectivity index (χ4v) is 2.07. The predicted octanol–water partition coefficient (Wildman–Crippen LogP) is 3.09. The molecule has 0 spiro atoms. The molecule has 1 aromatic rings. The fraction of sp³-hybridized carbons (Fsp3) is 0.214. The SMILES string of the molecule is CC1=NC(C#N)=C(C#N)N[C@@H](c2ccc(Cl)cc2)C1. The Balaban J connectivity index is 2.39. The third-order valence-corrected chi connectivity index (χ3v) is 3.10. The maximum absolute atomic E-state index is 9.10. The topological polar surface area (TPSA) is 72.0 Å². The summed E-state index contributed by atoms with van der Waals surface area (Å²) in [5.41, 5.74) is 2.16. The number of hydrogen-bond acceptors (Lipinski definition) is 4. The smallest absolute Gasteiger partial charge is 0.174 e. The van der Waals surface area contributed by atoms with E-state index in [0.29, 0.717) is 11.4 Å². The lowest BCUT2D eigenvalue weighted by molar-refractivity contribution is 0.634. The number of benzene rings is 1. The maximum atomic E-state index is 9.10. The van der Waals surface area contributed by atoms with Crippen LogP contribution in [-0.4, -0.2) is 5.71 Å². The van der Waals surface area contributed by atoms with Crippen molar-refractivity contribution < 1.29 is 0 Å².